The fourth-order valence-corrected chi connectivity index (χ4v) is 5.07. The molecule has 190 valence electrons. The van der Waals surface area contributed by atoms with Crippen molar-refractivity contribution in [3.8, 4) is 5.75 Å². The van der Waals surface area contributed by atoms with E-state index in [4.69, 9.17) is 4.74 Å². The lowest BCUT2D eigenvalue weighted by Crippen LogP contribution is -2.44. The summed E-state index contributed by atoms with van der Waals surface area (Å²) in [6.45, 7) is 7.08. The van der Waals surface area contributed by atoms with E-state index in [-0.39, 0.29) is 17.2 Å². The van der Waals surface area contributed by atoms with Crippen molar-refractivity contribution in [2.75, 3.05) is 6.61 Å². The molecule has 0 aromatic heterocycles. The van der Waals surface area contributed by atoms with E-state index in [9.17, 15) is 9.59 Å². The number of nitrogens with one attached hydrogen (secondary N) is 1. The lowest BCUT2D eigenvalue weighted by Gasteiger charge is -2.30. The van der Waals surface area contributed by atoms with Gasteiger partial charge in [-0.2, -0.15) is 0 Å². The summed E-state index contributed by atoms with van der Waals surface area (Å²) in [6.07, 6.45) is 10.5. The summed E-state index contributed by atoms with van der Waals surface area (Å²) in [4.78, 5) is 25.0. The number of benzene rings is 2. The van der Waals surface area contributed by atoms with Crippen molar-refractivity contribution < 1.29 is 14.3 Å². The zero-order chi connectivity index (χ0) is 25.1. The molecule has 1 aliphatic carbocycles. The van der Waals surface area contributed by atoms with Gasteiger partial charge in [-0.25, -0.2) is 0 Å². The average Bonchev–Trinajstić information content (AvgIpc) is 2.86. The van der Waals surface area contributed by atoms with Gasteiger partial charge in [-0.1, -0.05) is 82.5 Å². The Morgan fingerprint density at radius 3 is 2.31 bits per heavy atom. The molecular weight excluding hydrogens is 434 g/mol. The first-order valence-electron chi connectivity index (χ1n) is 13.4. The van der Waals surface area contributed by atoms with Crippen LogP contribution in [0.15, 0.2) is 54.6 Å². The number of ether oxygens (including phenoxy) is 1. The van der Waals surface area contributed by atoms with Gasteiger partial charge in [-0.3, -0.25) is 4.79 Å². The molecule has 2 aromatic rings. The number of carbonyl (C=O) groups excluding carboxylic acids is 2. The van der Waals surface area contributed by atoms with E-state index in [0.717, 1.165) is 43.5 Å². The standard InChI is InChI=1S/C31H43NO3/c1-31(2,3)29(16-10-15-24-11-6-4-7-12-24)30(34)32-27(22-33)21-25-17-19-28(20-18-25)35-23-26-13-8-5-9-14-26/h4,6-7,11-12,17-20,22,26-27,29H,5,8-10,13-16,21,23H2,1-3H3,(H,32,34)/t27-,29?/m0/s1. The van der Waals surface area contributed by atoms with E-state index in [1.165, 1.54) is 37.7 Å². The zero-order valence-electron chi connectivity index (χ0n) is 21.8. The van der Waals surface area contributed by atoms with Crippen molar-refractivity contribution in [1.82, 2.24) is 5.32 Å². The summed E-state index contributed by atoms with van der Waals surface area (Å²) in [5.74, 6) is 1.36. The Balaban J connectivity index is 1.50. The summed E-state index contributed by atoms with van der Waals surface area (Å²) in [5, 5.41) is 3.02. The smallest absolute Gasteiger partial charge is 0.224 e. The average molecular weight is 478 g/mol. The molecule has 3 rings (SSSR count). The first-order chi connectivity index (χ1) is 16.8. The monoisotopic (exact) mass is 477 g/mol. The van der Waals surface area contributed by atoms with E-state index >= 15 is 0 Å². The maximum absolute atomic E-state index is 13.2. The van der Waals surface area contributed by atoms with Gasteiger partial charge in [-0.15, -0.1) is 0 Å². The number of aldehydes is 1. The van der Waals surface area contributed by atoms with Gasteiger partial charge in [0, 0.05) is 5.92 Å². The predicted octanol–water partition coefficient (Wildman–Crippen LogP) is 6.56. The Morgan fingerprint density at radius 2 is 1.69 bits per heavy atom. The molecule has 0 spiro atoms. The fourth-order valence-electron chi connectivity index (χ4n) is 5.07. The van der Waals surface area contributed by atoms with Crippen LogP contribution >= 0.6 is 0 Å². The zero-order valence-corrected chi connectivity index (χ0v) is 21.8. The number of aryl methyl sites for hydroxylation is 1. The molecule has 1 fully saturated rings. The summed E-state index contributed by atoms with van der Waals surface area (Å²) < 4.78 is 6.00. The Kier molecular flexibility index (Phi) is 10.4. The van der Waals surface area contributed by atoms with Gasteiger partial charge in [0.15, 0.2) is 0 Å². The van der Waals surface area contributed by atoms with Crippen LogP contribution in [0.3, 0.4) is 0 Å². The van der Waals surface area contributed by atoms with Gasteiger partial charge in [-0.05, 0) is 73.1 Å². The van der Waals surface area contributed by atoms with Crippen LogP contribution < -0.4 is 10.1 Å². The third-order valence-electron chi connectivity index (χ3n) is 7.24. The number of rotatable bonds is 12. The summed E-state index contributed by atoms with van der Waals surface area (Å²) in [5.41, 5.74) is 2.13. The lowest BCUT2D eigenvalue weighted by atomic mass is 9.77. The van der Waals surface area contributed by atoms with Crippen LogP contribution in [0.2, 0.25) is 0 Å². The highest BCUT2D eigenvalue weighted by atomic mass is 16.5. The Labute approximate surface area is 211 Å². The Hall–Kier alpha value is -2.62. The predicted molar refractivity (Wildman–Crippen MR) is 143 cm³/mol. The van der Waals surface area contributed by atoms with Crippen LogP contribution in [0.5, 0.6) is 5.75 Å². The Morgan fingerprint density at radius 1 is 1.00 bits per heavy atom. The molecule has 0 aliphatic heterocycles. The molecule has 1 amide bonds. The topological polar surface area (TPSA) is 55.4 Å². The third-order valence-corrected chi connectivity index (χ3v) is 7.24. The first-order valence-corrected chi connectivity index (χ1v) is 13.4. The van der Waals surface area contributed by atoms with Crippen molar-refractivity contribution >= 4 is 12.2 Å². The minimum absolute atomic E-state index is 0.0323. The molecule has 0 radical (unpaired) electrons. The molecule has 1 saturated carbocycles. The lowest BCUT2D eigenvalue weighted by molar-refractivity contribution is -0.130. The van der Waals surface area contributed by atoms with E-state index < -0.39 is 6.04 Å². The molecule has 0 bridgehead atoms. The molecule has 4 heteroatoms. The quantitative estimate of drug-likeness (QED) is 0.352. The van der Waals surface area contributed by atoms with Crippen molar-refractivity contribution in [3.05, 3.63) is 65.7 Å². The molecule has 0 saturated heterocycles. The second-order valence-corrected chi connectivity index (χ2v) is 11.2. The fraction of sp³-hybridized carbons (Fsp3) is 0.548. The molecular formula is C31H43NO3. The molecule has 1 aliphatic rings. The molecule has 4 nitrogen and oxygen atoms in total. The van der Waals surface area contributed by atoms with E-state index in [1.54, 1.807) is 0 Å². The highest BCUT2D eigenvalue weighted by molar-refractivity contribution is 5.82. The number of amides is 1. The second-order valence-electron chi connectivity index (χ2n) is 11.2. The SMILES string of the molecule is CC(C)(C)C(CCCc1ccccc1)C(=O)N[C@H](C=O)Cc1ccc(OCC2CCCCC2)cc1. The number of hydrogen-bond donors (Lipinski definition) is 1. The van der Waals surface area contributed by atoms with Crippen molar-refractivity contribution in [3.63, 3.8) is 0 Å². The molecule has 35 heavy (non-hydrogen) atoms. The molecule has 2 atom stereocenters. The van der Waals surface area contributed by atoms with Gasteiger partial charge in [0.1, 0.15) is 12.0 Å². The number of carbonyl (C=O) groups is 2. The van der Waals surface area contributed by atoms with Crippen LogP contribution in [0, 0.1) is 17.3 Å². The van der Waals surface area contributed by atoms with Gasteiger partial charge in [0.25, 0.3) is 0 Å². The van der Waals surface area contributed by atoms with Gasteiger partial charge in [0.2, 0.25) is 5.91 Å². The molecule has 0 heterocycles. The van der Waals surface area contributed by atoms with E-state index in [0.29, 0.717) is 12.3 Å². The van der Waals surface area contributed by atoms with Crippen molar-refractivity contribution in [2.24, 2.45) is 17.3 Å². The molecule has 1 N–H and O–H groups in total. The van der Waals surface area contributed by atoms with Crippen molar-refractivity contribution in [2.45, 2.75) is 84.6 Å². The van der Waals surface area contributed by atoms with Crippen LogP contribution in [-0.4, -0.2) is 24.8 Å². The highest BCUT2D eigenvalue weighted by Crippen LogP contribution is 2.31. The normalized spacial score (nSPS) is 16.3. The Bertz CT molecular complexity index is 895. The maximum atomic E-state index is 13.2. The molecule has 2 aromatic carbocycles. The van der Waals surface area contributed by atoms with Gasteiger partial charge < -0.3 is 14.8 Å². The summed E-state index contributed by atoms with van der Waals surface area (Å²) in [7, 11) is 0. The molecule has 1 unspecified atom stereocenters. The van der Waals surface area contributed by atoms with E-state index in [1.807, 2.05) is 42.5 Å². The van der Waals surface area contributed by atoms with Crippen LogP contribution in [0.25, 0.3) is 0 Å². The van der Waals surface area contributed by atoms with Crippen LogP contribution in [-0.2, 0) is 22.4 Å². The maximum Gasteiger partial charge on any atom is 0.224 e. The van der Waals surface area contributed by atoms with Gasteiger partial charge >= 0.3 is 0 Å². The van der Waals surface area contributed by atoms with Crippen LogP contribution in [0.4, 0.5) is 0 Å². The first kappa shape index (κ1) is 27.0. The van der Waals surface area contributed by atoms with Crippen molar-refractivity contribution in [1.29, 1.82) is 0 Å². The summed E-state index contributed by atoms with van der Waals surface area (Å²) in [6, 6.07) is 17.8. The third kappa shape index (κ3) is 9.16. The minimum atomic E-state index is -0.532. The summed E-state index contributed by atoms with van der Waals surface area (Å²) >= 11 is 0. The van der Waals surface area contributed by atoms with Crippen LogP contribution in [0.1, 0.15) is 76.8 Å². The van der Waals surface area contributed by atoms with E-state index in [2.05, 4.69) is 38.2 Å². The largest absolute Gasteiger partial charge is 0.493 e. The number of hydrogen-bond acceptors (Lipinski definition) is 3. The minimum Gasteiger partial charge on any atom is -0.493 e. The highest BCUT2D eigenvalue weighted by Gasteiger charge is 2.31. The second kappa shape index (κ2) is 13.5. The van der Waals surface area contributed by atoms with Gasteiger partial charge in [0.05, 0.1) is 12.6 Å².